The Morgan fingerprint density at radius 3 is 2.17 bits per heavy atom. The van der Waals surface area contributed by atoms with Crippen LogP contribution in [-0.4, -0.2) is 13.0 Å². The first-order valence-corrected chi connectivity index (χ1v) is 14.8. The molecule has 4 rings (SSSR count). The fourth-order valence-electron chi connectivity index (χ4n) is 5.19. The topological polar surface area (TPSA) is 56.8 Å². The molecule has 1 unspecified atom stereocenters. The van der Waals surface area contributed by atoms with Crippen molar-refractivity contribution in [3.63, 3.8) is 0 Å². The van der Waals surface area contributed by atoms with Crippen molar-refractivity contribution >= 4 is 5.91 Å². The van der Waals surface area contributed by atoms with E-state index in [1.54, 1.807) is 7.11 Å². The van der Waals surface area contributed by atoms with Crippen LogP contribution in [0.15, 0.2) is 84.9 Å². The van der Waals surface area contributed by atoms with Gasteiger partial charge in [0.2, 0.25) is 0 Å². The summed E-state index contributed by atoms with van der Waals surface area (Å²) in [4.78, 5) is 13.8. The maximum absolute atomic E-state index is 13.8. The number of ether oxygens (including phenoxy) is 3. The van der Waals surface area contributed by atoms with Crippen molar-refractivity contribution in [1.29, 1.82) is 0 Å². The Morgan fingerprint density at radius 2 is 1.50 bits per heavy atom. The molecule has 0 saturated heterocycles. The quantitative estimate of drug-likeness (QED) is 0.176. The molecule has 0 radical (unpaired) electrons. The van der Waals surface area contributed by atoms with Crippen LogP contribution in [0, 0.1) is 19.8 Å². The molecule has 0 aliphatic rings. The van der Waals surface area contributed by atoms with Gasteiger partial charge in [0.1, 0.15) is 29.6 Å². The van der Waals surface area contributed by atoms with E-state index in [0.717, 1.165) is 53.2 Å². The minimum atomic E-state index is -0.0661. The van der Waals surface area contributed by atoms with Crippen molar-refractivity contribution in [3.8, 4) is 23.0 Å². The number of methoxy groups -OCH3 is 1. The van der Waals surface area contributed by atoms with Crippen LogP contribution in [0.25, 0.3) is 0 Å². The van der Waals surface area contributed by atoms with Crippen molar-refractivity contribution in [3.05, 3.63) is 118 Å². The van der Waals surface area contributed by atoms with E-state index in [0.29, 0.717) is 23.8 Å². The van der Waals surface area contributed by atoms with Crippen molar-refractivity contribution < 1.29 is 19.0 Å². The SMILES string of the molecule is CCCc1ccc(OCc2cccc(Oc3ccc(OC)cc3)c2)cc1C(=O)NC(CC(C)C)c1cc(C)cc(C)c1. The van der Waals surface area contributed by atoms with Gasteiger partial charge in [-0.2, -0.15) is 0 Å². The van der Waals surface area contributed by atoms with Crippen LogP contribution < -0.4 is 19.5 Å². The molecule has 0 fully saturated rings. The van der Waals surface area contributed by atoms with E-state index in [-0.39, 0.29) is 11.9 Å². The summed E-state index contributed by atoms with van der Waals surface area (Å²) in [5, 5.41) is 3.35. The number of rotatable bonds is 13. The average molecular weight is 566 g/mol. The third kappa shape index (κ3) is 8.62. The van der Waals surface area contributed by atoms with Crippen molar-refractivity contribution in [2.75, 3.05) is 7.11 Å². The van der Waals surface area contributed by atoms with Gasteiger partial charge in [-0.25, -0.2) is 0 Å². The lowest BCUT2D eigenvalue weighted by molar-refractivity contribution is 0.0930. The molecule has 0 aromatic heterocycles. The van der Waals surface area contributed by atoms with E-state index in [4.69, 9.17) is 14.2 Å². The van der Waals surface area contributed by atoms with Crippen LogP contribution in [0.1, 0.15) is 77.8 Å². The minimum absolute atomic E-state index is 0.0661. The highest BCUT2D eigenvalue weighted by Crippen LogP contribution is 2.28. The number of hydrogen-bond donors (Lipinski definition) is 1. The molecule has 220 valence electrons. The Bertz CT molecular complexity index is 1460. The lowest BCUT2D eigenvalue weighted by Crippen LogP contribution is -2.30. The van der Waals surface area contributed by atoms with Crippen LogP contribution in [0.4, 0.5) is 0 Å². The molecule has 5 heteroatoms. The number of aryl methyl sites for hydroxylation is 3. The Morgan fingerprint density at radius 1 is 0.810 bits per heavy atom. The van der Waals surface area contributed by atoms with Gasteiger partial charge < -0.3 is 19.5 Å². The summed E-state index contributed by atoms with van der Waals surface area (Å²) < 4.78 is 17.4. The first kappa shape index (κ1) is 30.7. The van der Waals surface area contributed by atoms with E-state index in [1.807, 2.05) is 66.7 Å². The zero-order valence-electron chi connectivity index (χ0n) is 25.7. The summed E-state index contributed by atoms with van der Waals surface area (Å²) in [6, 6.07) is 27.6. The first-order valence-electron chi connectivity index (χ1n) is 14.8. The molecular formula is C37H43NO4. The lowest BCUT2D eigenvalue weighted by Gasteiger charge is -2.23. The Balaban J connectivity index is 1.49. The van der Waals surface area contributed by atoms with Crippen molar-refractivity contribution in [2.45, 2.75) is 66.5 Å². The van der Waals surface area contributed by atoms with Gasteiger partial charge in [0.25, 0.3) is 5.91 Å². The maximum Gasteiger partial charge on any atom is 0.252 e. The predicted molar refractivity (Wildman–Crippen MR) is 170 cm³/mol. The standard InChI is InChI=1S/C37H43NO4/c1-7-9-29-12-13-33(41-24-28-10-8-11-34(22-28)42-32-16-14-31(40-6)15-17-32)23-35(29)37(39)38-36(18-25(2)3)30-20-26(4)19-27(5)21-30/h8,10-17,19-23,25,36H,7,9,18,24H2,1-6H3,(H,38,39). The highest BCUT2D eigenvalue weighted by molar-refractivity contribution is 5.96. The Hall–Kier alpha value is -4.25. The van der Waals surface area contributed by atoms with Crippen LogP contribution in [0.3, 0.4) is 0 Å². The molecule has 4 aromatic carbocycles. The number of carbonyl (C=O) groups excluding carboxylic acids is 1. The van der Waals surface area contributed by atoms with Crippen molar-refractivity contribution in [1.82, 2.24) is 5.32 Å². The summed E-state index contributed by atoms with van der Waals surface area (Å²) in [5.74, 6) is 3.26. The summed E-state index contributed by atoms with van der Waals surface area (Å²) in [6.07, 6.45) is 2.64. The van der Waals surface area contributed by atoms with Gasteiger partial charge in [0, 0.05) is 5.56 Å². The van der Waals surface area contributed by atoms with Gasteiger partial charge in [-0.1, -0.05) is 74.7 Å². The molecule has 1 N–H and O–H groups in total. The van der Waals surface area contributed by atoms with Gasteiger partial charge in [0.05, 0.1) is 13.2 Å². The average Bonchev–Trinajstić information content (AvgIpc) is 2.96. The maximum atomic E-state index is 13.8. The van der Waals surface area contributed by atoms with Gasteiger partial charge in [-0.3, -0.25) is 4.79 Å². The molecule has 5 nitrogen and oxygen atoms in total. The summed E-state index contributed by atoms with van der Waals surface area (Å²) in [5.41, 5.74) is 6.22. The molecular weight excluding hydrogens is 522 g/mol. The molecule has 0 bridgehead atoms. The second-order valence-corrected chi connectivity index (χ2v) is 11.4. The monoisotopic (exact) mass is 565 g/mol. The van der Waals surface area contributed by atoms with E-state index in [2.05, 4.69) is 58.1 Å². The van der Waals surface area contributed by atoms with Gasteiger partial charge in [0.15, 0.2) is 0 Å². The fourth-order valence-corrected chi connectivity index (χ4v) is 5.19. The molecule has 1 amide bonds. The molecule has 42 heavy (non-hydrogen) atoms. The number of carbonyl (C=O) groups is 1. The number of benzene rings is 4. The van der Waals surface area contributed by atoms with E-state index in [9.17, 15) is 4.79 Å². The molecule has 0 aliphatic heterocycles. The summed E-state index contributed by atoms with van der Waals surface area (Å²) in [6.45, 7) is 11.1. The van der Waals surface area contributed by atoms with Crippen LogP contribution in [0.5, 0.6) is 23.0 Å². The number of nitrogens with one attached hydrogen (secondary N) is 1. The largest absolute Gasteiger partial charge is 0.497 e. The first-order chi connectivity index (χ1) is 20.2. The van der Waals surface area contributed by atoms with Crippen molar-refractivity contribution in [2.24, 2.45) is 5.92 Å². The van der Waals surface area contributed by atoms with E-state index in [1.165, 1.54) is 11.1 Å². The van der Waals surface area contributed by atoms with Gasteiger partial charge in [-0.05, 0) is 97.8 Å². The van der Waals surface area contributed by atoms with E-state index >= 15 is 0 Å². The molecule has 4 aromatic rings. The highest BCUT2D eigenvalue weighted by atomic mass is 16.5. The fraction of sp³-hybridized carbons (Fsp3) is 0.324. The molecule has 1 atom stereocenters. The number of hydrogen-bond acceptors (Lipinski definition) is 4. The number of amides is 1. The third-order valence-electron chi connectivity index (χ3n) is 7.10. The Kier molecular flexibility index (Phi) is 10.7. The summed E-state index contributed by atoms with van der Waals surface area (Å²) in [7, 11) is 1.64. The second kappa shape index (κ2) is 14.6. The second-order valence-electron chi connectivity index (χ2n) is 11.4. The zero-order chi connectivity index (χ0) is 30.1. The molecule has 0 saturated carbocycles. The smallest absolute Gasteiger partial charge is 0.252 e. The summed E-state index contributed by atoms with van der Waals surface area (Å²) >= 11 is 0. The van der Waals surface area contributed by atoms with E-state index < -0.39 is 0 Å². The highest BCUT2D eigenvalue weighted by Gasteiger charge is 2.20. The minimum Gasteiger partial charge on any atom is -0.497 e. The van der Waals surface area contributed by atoms with Crippen LogP contribution >= 0.6 is 0 Å². The lowest BCUT2D eigenvalue weighted by atomic mass is 9.93. The molecule has 0 heterocycles. The van der Waals surface area contributed by atoms with Crippen LogP contribution in [0.2, 0.25) is 0 Å². The Labute approximate surface area is 250 Å². The predicted octanol–water partition coefficient (Wildman–Crippen LogP) is 9.15. The third-order valence-corrected chi connectivity index (χ3v) is 7.10. The zero-order valence-corrected chi connectivity index (χ0v) is 25.7. The van der Waals surface area contributed by atoms with Gasteiger partial charge >= 0.3 is 0 Å². The van der Waals surface area contributed by atoms with Gasteiger partial charge in [-0.15, -0.1) is 0 Å². The molecule has 0 spiro atoms. The molecule has 0 aliphatic carbocycles. The van der Waals surface area contributed by atoms with Crippen LogP contribution in [-0.2, 0) is 13.0 Å². The normalized spacial score (nSPS) is 11.7.